The number of imidazole rings is 1. The fourth-order valence-electron chi connectivity index (χ4n) is 3.58. The van der Waals surface area contributed by atoms with E-state index >= 15 is 0 Å². The number of nitrogens with zero attached hydrogens (tertiary/aromatic N) is 5. The van der Waals surface area contributed by atoms with Gasteiger partial charge >= 0.3 is 0 Å². The number of carbonyl (C=O) groups excluding carboxylic acids is 1. The van der Waals surface area contributed by atoms with Crippen molar-refractivity contribution in [3.05, 3.63) is 36.2 Å². The van der Waals surface area contributed by atoms with E-state index in [1.807, 2.05) is 40.3 Å². The smallest absolute Gasteiger partial charge is 0.222 e. The van der Waals surface area contributed by atoms with Gasteiger partial charge in [0.1, 0.15) is 0 Å². The molecule has 1 aliphatic heterocycles. The van der Waals surface area contributed by atoms with E-state index in [-0.39, 0.29) is 11.9 Å². The van der Waals surface area contributed by atoms with Crippen LogP contribution in [0.5, 0.6) is 0 Å². The Morgan fingerprint density at radius 3 is 2.80 bits per heavy atom. The monoisotopic (exact) mass is 345 g/mol. The van der Waals surface area contributed by atoms with Crippen LogP contribution in [0.2, 0.25) is 0 Å². The molecule has 0 unspecified atom stereocenters. The maximum absolute atomic E-state index is 12.5. The molecule has 136 valence electrons. The Balaban J connectivity index is 1.50. The Labute approximate surface area is 148 Å². The van der Waals surface area contributed by atoms with Crippen LogP contribution in [0, 0.1) is 13.8 Å². The van der Waals surface area contributed by atoms with Gasteiger partial charge in [0.05, 0.1) is 24.2 Å². The molecule has 0 saturated carbocycles. The lowest BCUT2D eigenvalue weighted by atomic mass is 10.1. The molecular formula is C18H27N5O2. The van der Waals surface area contributed by atoms with Gasteiger partial charge in [0, 0.05) is 44.1 Å². The van der Waals surface area contributed by atoms with Crippen LogP contribution in [0.1, 0.15) is 43.1 Å². The lowest BCUT2D eigenvalue weighted by Gasteiger charge is -2.21. The van der Waals surface area contributed by atoms with Crippen molar-refractivity contribution in [2.75, 3.05) is 13.1 Å². The quantitative estimate of drug-likeness (QED) is 0.895. The molecule has 0 spiro atoms. The molecule has 2 aromatic rings. The SMILES string of the molecule is Cc1cc(C)n(CCCC(=O)N2CC[C@H](O)[C@@H](n3ccnc3)CC2)n1. The molecule has 1 N–H and O–H groups in total. The molecule has 1 aliphatic rings. The topological polar surface area (TPSA) is 76.2 Å². The van der Waals surface area contributed by atoms with Gasteiger partial charge in [-0.15, -0.1) is 0 Å². The fraction of sp³-hybridized carbons (Fsp3) is 0.611. The molecule has 1 fully saturated rings. The first-order valence-corrected chi connectivity index (χ1v) is 8.99. The molecule has 1 saturated heterocycles. The van der Waals surface area contributed by atoms with Gasteiger partial charge in [-0.25, -0.2) is 4.98 Å². The fourth-order valence-corrected chi connectivity index (χ4v) is 3.58. The first-order valence-electron chi connectivity index (χ1n) is 8.99. The molecule has 2 aromatic heterocycles. The summed E-state index contributed by atoms with van der Waals surface area (Å²) >= 11 is 0. The molecule has 2 atom stereocenters. The van der Waals surface area contributed by atoms with Crippen molar-refractivity contribution in [1.29, 1.82) is 0 Å². The van der Waals surface area contributed by atoms with Gasteiger partial charge in [-0.2, -0.15) is 5.10 Å². The third-order valence-corrected chi connectivity index (χ3v) is 4.96. The maximum atomic E-state index is 12.5. The zero-order valence-corrected chi connectivity index (χ0v) is 15.0. The lowest BCUT2D eigenvalue weighted by Crippen LogP contribution is -2.32. The van der Waals surface area contributed by atoms with Crippen LogP contribution >= 0.6 is 0 Å². The van der Waals surface area contributed by atoms with Crippen LogP contribution in [0.15, 0.2) is 24.8 Å². The summed E-state index contributed by atoms with van der Waals surface area (Å²) in [7, 11) is 0. The Kier molecular flexibility index (Phi) is 5.53. The molecule has 7 heteroatoms. The molecule has 3 heterocycles. The van der Waals surface area contributed by atoms with Gasteiger partial charge < -0.3 is 14.6 Å². The van der Waals surface area contributed by atoms with Gasteiger partial charge in [0.25, 0.3) is 0 Å². The van der Waals surface area contributed by atoms with Gasteiger partial charge in [0.15, 0.2) is 0 Å². The summed E-state index contributed by atoms with van der Waals surface area (Å²) in [5, 5.41) is 14.8. The Bertz CT molecular complexity index is 694. The second-order valence-corrected chi connectivity index (χ2v) is 6.86. The van der Waals surface area contributed by atoms with Crippen LogP contribution in [0.25, 0.3) is 0 Å². The van der Waals surface area contributed by atoms with Crippen molar-refractivity contribution in [1.82, 2.24) is 24.2 Å². The normalized spacial score (nSPS) is 21.3. The van der Waals surface area contributed by atoms with Crippen molar-refractivity contribution >= 4 is 5.91 Å². The molecule has 0 aromatic carbocycles. The summed E-state index contributed by atoms with van der Waals surface area (Å²) in [6, 6.07) is 2.05. The molecular weight excluding hydrogens is 318 g/mol. The molecule has 0 aliphatic carbocycles. The number of aliphatic hydroxyl groups excluding tert-OH is 1. The molecule has 0 radical (unpaired) electrons. The highest BCUT2D eigenvalue weighted by molar-refractivity contribution is 5.76. The second kappa shape index (κ2) is 7.82. The van der Waals surface area contributed by atoms with Crippen molar-refractivity contribution in [3.63, 3.8) is 0 Å². The van der Waals surface area contributed by atoms with E-state index in [0.29, 0.717) is 25.9 Å². The number of amides is 1. The summed E-state index contributed by atoms with van der Waals surface area (Å²) in [5.41, 5.74) is 2.14. The standard InChI is InChI=1S/C18H27N5O2/c1-14-12-15(2)23(20-14)8-3-4-18(25)21-9-5-16(17(24)6-10-21)22-11-7-19-13-22/h7,11-13,16-17,24H,3-6,8-10H2,1-2H3/t16-,17-/m0/s1. The van der Waals surface area contributed by atoms with Crippen LogP contribution < -0.4 is 0 Å². The molecule has 0 bridgehead atoms. The Morgan fingerprint density at radius 1 is 1.32 bits per heavy atom. The minimum absolute atomic E-state index is 0.00463. The number of aromatic nitrogens is 4. The highest BCUT2D eigenvalue weighted by Crippen LogP contribution is 2.23. The minimum atomic E-state index is -0.443. The first kappa shape index (κ1) is 17.7. The number of carbonyl (C=O) groups is 1. The maximum Gasteiger partial charge on any atom is 0.222 e. The third-order valence-electron chi connectivity index (χ3n) is 4.96. The number of rotatable bonds is 5. The average Bonchev–Trinajstić information content (AvgIpc) is 3.15. The highest BCUT2D eigenvalue weighted by Gasteiger charge is 2.27. The summed E-state index contributed by atoms with van der Waals surface area (Å²) in [4.78, 5) is 18.5. The number of hydrogen-bond donors (Lipinski definition) is 1. The highest BCUT2D eigenvalue weighted by atomic mass is 16.3. The number of aliphatic hydroxyl groups is 1. The van der Waals surface area contributed by atoms with E-state index in [1.54, 1.807) is 12.5 Å². The van der Waals surface area contributed by atoms with E-state index in [9.17, 15) is 9.90 Å². The predicted molar refractivity (Wildman–Crippen MR) is 94.0 cm³/mol. The van der Waals surface area contributed by atoms with Crippen molar-refractivity contribution in [3.8, 4) is 0 Å². The molecule has 7 nitrogen and oxygen atoms in total. The molecule has 1 amide bonds. The van der Waals surface area contributed by atoms with Crippen molar-refractivity contribution < 1.29 is 9.90 Å². The summed E-state index contributed by atoms with van der Waals surface area (Å²) in [6.07, 6.45) is 7.54. The van der Waals surface area contributed by atoms with Crippen LogP contribution in [0.3, 0.4) is 0 Å². The van der Waals surface area contributed by atoms with E-state index in [1.165, 1.54) is 0 Å². The minimum Gasteiger partial charge on any atom is -0.391 e. The van der Waals surface area contributed by atoms with Crippen LogP contribution in [-0.2, 0) is 11.3 Å². The summed E-state index contributed by atoms with van der Waals surface area (Å²) < 4.78 is 3.91. The Morgan fingerprint density at radius 2 is 2.12 bits per heavy atom. The van der Waals surface area contributed by atoms with Crippen molar-refractivity contribution in [2.24, 2.45) is 0 Å². The number of likely N-dealkylation sites (tertiary alicyclic amines) is 1. The van der Waals surface area contributed by atoms with Crippen molar-refractivity contribution in [2.45, 2.75) is 58.2 Å². The summed E-state index contributed by atoms with van der Waals surface area (Å²) in [5.74, 6) is 0.167. The van der Waals surface area contributed by atoms with Gasteiger partial charge in [-0.05, 0) is 39.2 Å². The predicted octanol–water partition coefficient (Wildman–Crippen LogP) is 1.70. The third kappa shape index (κ3) is 4.28. The zero-order valence-electron chi connectivity index (χ0n) is 15.0. The van der Waals surface area contributed by atoms with Gasteiger partial charge in [0.2, 0.25) is 5.91 Å². The second-order valence-electron chi connectivity index (χ2n) is 6.86. The first-order chi connectivity index (χ1) is 12.0. The van der Waals surface area contributed by atoms with Crippen LogP contribution in [0.4, 0.5) is 0 Å². The zero-order chi connectivity index (χ0) is 17.8. The average molecular weight is 345 g/mol. The lowest BCUT2D eigenvalue weighted by molar-refractivity contribution is -0.131. The Hall–Kier alpha value is -2.15. The number of hydrogen-bond acceptors (Lipinski definition) is 4. The summed E-state index contributed by atoms with van der Waals surface area (Å²) in [6.45, 7) is 6.07. The van der Waals surface area contributed by atoms with E-state index < -0.39 is 6.10 Å². The van der Waals surface area contributed by atoms with Gasteiger partial charge in [-0.3, -0.25) is 9.48 Å². The molecule has 25 heavy (non-hydrogen) atoms. The van der Waals surface area contributed by atoms with Crippen LogP contribution in [-0.4, -0.2) is 54.4 Å². The van der Waals surface area contributed by atoms with E-state index in [0.717, 1.165) is 30.8 Å². The van der Waals surface area contributed by atoms with E-state index in [4.69, 9.17) is 0 Å². The van der Waals surface area contributed by atoms with E-state index in [2.05, 4.69) is 10.1 Å². The molecule has 3 rings (SSSR count). The van der Waals surface area contributed by atoms with Gasteiger partial charge in [-0.1, -0.05) is 0 Å². The number of aryl methyl sites for hydroxylation is 3. The largest absolute Gasteiger partial charge is 0.391 e.